The summed E-state index contributed by atoms with van der Waals surface area (Å²) in [7, 11) is 0. The van der Waals surface area contributed by atoms with Crippen LogP contribution < -0.4 is 0 Å². The predicted octanol–water partition coefficient (Wildman–Crippen LogP) is 3.24. The molecule has 0 saturated carbocycles. The number of nitro benzene ring substituents is 1. The number of nitrogens with zero attached hydrogens (tertiary/aromatic N) is 2. The van der Waals surface area contributed by atoms with Crippen molar-refractivity contribution in [2.75, 3.05) is 6.54 Å². The molecule has 0 aromatic heterocycles. The third kappa shape index (κ3) is 3.04. The van der Waals surface area contributed by atoms with E-state index in [1.807, 2.05) is 13.8 Å². The summed E-state index contributed by atoms with van der Waals surface area (Å²) >= 11 is 0. The molecule has 0 aliphatic carbocycles. The largest absolute Gasteiger partial charge is 0.335 e. The maximum atomic E-state index is 13.9. The van der Waals surface area contributed by atoms with Crippen LogP contribution >= 0.6 is 0 Å². The van der Waals surface area contributed by atoms with Crippen molar-refractivity contribution in [1.29, 1.82) is 0 Å². The van der Waals surface area contributed by atoms with Gasteiger partial charge in [0.25, 0.3) is 11.6 Å². The van der Waals surface area contributed by atoms with Crippen LogP contribution in [0.2, 0.25) is 0 Å². The molecule has 1 aliphatic heterocycles. The highest BCUT2D eigenvalue weighted by molar-refractivity contribution is 5.95. The van der Waals surface area contributed by atoms with Gasteiger partial charge in [-0.3, -0.25) is 14.9 Å². The van der Waals surface area contributed by atoms with Crippen LogP contribution in [0.15, 0.2) is 18.2 Å². The highest BCUT2D eigenvalue weighted by Crippen LogP contribution is 2.29. The van der Waals surface area contributed by atoms with Crippen LogP contribution in [0.5, 0.6) is 0 Å². The Bertz CT molecular complexity index is 576. The zero-order valence-electron chi connectivity index (χ0n) is 12.4. The summed E-state index contributed by atoms with van der Waals surface area (Å²) in [4.78, 5) is 24.4. The van der Waals surface area contributed by atoms with E-state index in [2.05, 4.69) is 6.92 Å². The third-order valence-corrected chi connectivity index (χ3v) is 4.25. The monoisotopic (exact) mass is 294 g/mol. The maximum absolute atomic E-state index is 13.9. The lowest BCUT2D eigenvalue weighted by Gasteiger charge is -2.41. The number of likely N-dealkylation sites (tertiary alicyclic amines) is 1. The number of hydrogen-bond donors (Lipinski definition) is 0. The third-order valence-electron chi connectivity index (χ3n) is 4.25. The molecule has 5 nitrogen and oxygen atoms in total. The van der Waals surface area contributed by atoms with Crippen molar-refractivity contribution in [2.45, 2.75) is 33.2 Å². The minimum Gasteiger partial charge on any atom is -0.335 e. The highest BCUT2D eigenvalue weighted by atomic mass is 19.1. The molecule has 0 N–H and O–H groups in total. The van der Waals surface area contributed by atoms with Crippen LogP contribution in [0.1, 0.15) is 37.6 Å². The predicted molar refractivity (Wildman–Crippen MR) is 76.5 cm³/mol. The first-order valence-electron chi connectivity index (χ1n) is 7.06. The number of hydrogen-bond acceptors (Lipinski definition) is 3. The Hall–Kier alpha value is -1.98. The van der Waals surface area contributed by atoms with Crippen molar-refractivity contribution < 1.29 is 14.1 Å². The van der Waals surface area contributed by atoms with Gasteiger partial charge < -0.3 is 4.90 Å². The van der Waals surface area contributed by atoms with Crippen LogP contribution in [0, 0.1) is 27.8 Å². The number of non-ortho nitro benzene ring substituents is 1. The lowest BCUT2D eigenvalue weighted by molar-refractivity contribution is -0.384. The second-order valence-corrected chi connectivity index (χ2v) is 5.94. The smallest absolute Gasteiger partial charge is 0.270 e. The van der Waals surface area contributed by atoms with Crippen molar-refractivity contribution >= 4 is 11.6 Å². The number of rotatable bonds is 2. The van der Waals surface area contributed by atoms with E-state index in [1.54, 1.807) is 4.90 Å². The molecule has 6 heteroatoms. The number of carbonyl (C=O) groups is 1. The van der Waals surface area contributed by atoms with Gasteiger partial charge in [0.15, 0.2) is 0 Å². The van der Waals surface area contributed by atoms with Crippen LogP contribution in [0.4, 0.5) is 10.1 Å². The van der Waals surface area contributed by atoms with Crippen molar-refractivity contribution in [2.24, 2.45) is 11.8 Å². The topological polar surface area (TPSA) is 63.5 Å². The second-order valence-electron chi connectivity index (χ2n) is 5.94. The SMILES string of the molecule is CC1CC(C)C(C)N(C(=O)c2cc([N+](=O)[O-])ccc2F)C1. The molecule has 0 spiro atoms. The Morgan fingerprint density at radius 3 is 2.67 bits per heavy atom. The first-order valence-corrected chi connectivity index (χ1v) is 7.06. The number of carbonyl (C=O) groups excluding carboxylic acids is 1. The highest BCUT2D eigenvalue weighted by Gasteiger charge is 2.33. The van der Waals surface area contributed by atoms with E-state index in [-0.39, 0.29) is 17.3 Å². The van der Waals surface area contributed by atoms with Crippen LogP contribution in [0.25, 0.3) is 0 Å². The quantitative estimate of drug-likeness (QED) is 0.621. The van der Waals surface area contributed by atoms with E-state index in [0.29, 0.717) is 18.4 Å². The average Bonchev–Trinajstić information content (AvgIpc) is 2.42. The molecule has 114 valence electrons. The van der Waals surface area contributed by atoms with Crippen molar-refractivity contribution in [3.05, 3.63) is 39.7 Å². The van der Waals surface area contributed by atoms with Gasteiger partial charge in [0.05, 0.1) is 10.5 Å². The Morgan fingerprint density at radius 2 is 2.05 bits per heavy atom. The van der Waals surface area contributed by atoms with Gasteiger partial charge in [-0.15, -0.1) is 0 Å². The van der Waals surface area contributed by atoms with Gasteiger partial charge in [0, 0.05) is 24.7 Å². The number of halogens is 1. The number of amides is 1. The molecule has 3 atom stereocenters. The van der Waals surface area contributed by atoms with E-state index in [1.165, 1.54) is 0 Å². The van der Waals surface area contributed by atoms with E-state index in [4.69, 9.17) is 0 Å². The maximum Gasteiger partial charge on any atom is 0.270 e. The van der Waals surface area contributed by atoms with E-state index >= 15 is 0 Å². The van der Waals surface area contributed by atoms with Crippen LogP contribution in [-0.2, 0) is 0 Å². The van der Waals surface area contributed by atoms with Crippen molar-refractivity contribution in [3.8, 4) is 0 Å². The van der Waals surface area contributed by atoms with Crippen LogP contribution in [-0.4, -0.2) is 28.3 Å². The van der Waals surface area contributed by atoms with Gasteiger partial charge in [-0.05, 0) is 31.2 Å². The Morgan fingerprint density at radius 1 is 1.38 bits per heavy atom. The molecule has 3 unspecified atom stereocenters. The minimum atomic E-state index is -0.719. The Kier molecular flexibility index (Phi) is 4.25. The first-order chi connectivity index (χ1) is 9.81. The fourth-order valence-corrected chi connectivity index (χ4v) is 2.93. The normalized spacial score (nSPS) is 25.7. The fraction of sp³-hybridized carbons (Fsp3) is 0.533. The van der Waals surface area contributed by atoms with E-state index in [9.17, 15) is 19.3 Å². The van der Waals surface area contributed by atoms with Gasteiger partial charge >= 0.3 is 0 Å². The molecule has 21 heavy (non-hydrogen) atoms. The Balaban J connectivity index is 2.34. The fourth-order valence-electron chi connectivity index (χ4n) is 2.93. The molecule has 1 aromatic rings. The molecule has 1 fully saturated rings. The molecule has 0 bridgehead atoms. The van der Waals surface area contributed by atoms with Gasteiger partial charge in [-0.1, -0.05) is 13.8 Å². The molecule has 0 radical (unpaired) electrons. The molecule has 1 aliphatic rings. The molecular formula is C15H19FN2O3. The van der Waals surface area contributed by atoms with Gasteiger partial charge in [-0.25, -0.2) is 4.39 Å². The zero-order valence-corrected chi connectivity index (χ0v) is 12.4. The summed E-state index contributed by atoms with van der Waals surface area (Å²) in [5, 5.41) is 10.8. The lowest BCUT2D eigenvalue weighted by atomic mass is 9.85. The molecule has 1 amide bonds. The molecule has 2 rings (SSSR count). The number of piperidine rings is 1. The molecule has 1 aromatic carbocycles. The first kappa shape index (κ1) is 15.4. The average molecular weight is 294 g/mol. The molecule has 1 heterocycles. The summed E-state index contributed by atoms with van der Waals surface area (Å²) < 4.78 is 13.9. The molecule has 1 saturated heterocycles. The van der Waals surface area contributed by atoms with Crippen molar-refractivity contribution in [3.63, 3.8) is 0 Å². The summed E-state index contributed by atoms with van der Waals surface area (Å²) in [6.07, 6.45) is 1.02. The lowest BCUT2D eigenvalue weighted by Crippen LogP contribution is -2.49. The van der Waals surface area contributed by atoms with E-state index < -0.39 is 16.6 Å². The summed E-state index contributed by atoms with van der Waals surface area (Å²) in [5.74, 6) is -0.535. The van der Waals surface area contributed by atoms with Crippen molar-refractivity contribution in [1.82, 2.24) is 4.90 Å². The number of nitro groups is 1. The van der Waals surface area contributed by atoms with Gasteiger partial charge in [0.1, 0.15) is 5.82 Å². The summed E-state index contributed by atoms with van der Waals surface area (Å²) in [6, 6.07) is 3.06. The zero-order chi connectivity index (χ0) is 15.7. The van der Waals surface area contributed by atoms with Gasteiger partial charge in [-0.2, -0.15) is 0 Å². The standard InChI is InChI=1S/C15H19FN2O3/c1-9-6-10(2)11(3)17(8-9)15(19)13-7-12(18(20)21)4-5-14(13)16/h4-5,7,9-11H,6,8H2,1-3H3. The summed E-state index contributed by atoms with van der Waals surface area (Å²) in [5.41, 5.74) is -0.497. The summed E-state index contributed by atoms with van der Waals surface area (Å²) in [6.45, 7) is 6.59. The second kappa shape index (κ2) is 5.79. The Labute approximate surface area is 122 Å². The number of benzene rings is 1. The van der Waals surface area contributed by atoms with Gasteiger partial charge in [0.2, 0.25) is 0 Å². The van der Waals surface area contributed by atoms with Crippen LogP contribution in [0.3, 0.4) is 0 Å². The molecular weight excluding hydrogens is 275 g/mol. The van der Waals surface area contributed by atoms with E-state index in [0.717, 1.165) is 24.6 Å². The minimum absolute atomic E-state index is 0.00707.